The topological polar surface area (TPSA) is 95.7 Å². The van der Waals surface area contributed by atoms with Gasteiger partial charge in [0.2, 0.25) is 0 Å². The van der Waals surface area contributed by atoms with Gasteiger partial charge in [-0.15, -0.1) is 0 Å². The minimum atomic E-state index is -0.430. The van der Waals surface area contributed by atoms with E-state index in [2.05, 4.69) is 30.7 Å². The number of rotatable bonds is 1. The van der Waals surface area contributed by atoms with Gasteiger partial charge in [0.05, 0.1) is 24.5 Å². The molecule has 0 spiro atoms. The second kappa shape index (κ2) is 5.77. The third kappa shape index (κ3) is 2.33. The molecule has 114 valence electrons. The second-order valence-corrected chi connectivity index (χ2v) is 5.56. The first-order chi connectivity index (χ1) is 10.7. The number of carbonyl (C=O) groups excluding carboxylic acids is 1. The fourth-order valence-corrected chi connectivity index (χ4v) is 3.25. The molecule has 1 aliphatic heterocycles. The van der Waals surface area contributed by atoms with E-state index >= 15 is 0 Å². The molecule has 1 atom stereocenters. The van der Waals surface area contributed by atoms with Gasteiger partial charge in [-0.2, -0.15) is 5.26 Å². The number of ether oxygens (including phenoxy) is 1. The number of methoxy groups -OCH3 is 1. The number of H-pyrrole nitrogens is 1. The van der Waals surface area contributed by atoms with Crippen LogP contribution in [-0.2, 0) is 17.7 Å². The van der Waals surface area contributed by atoms with Gasteiger partial charge in [-0.05, 0) is 19.3 Å². The quantitative estimate of drug-likeness (QED) is 0.785. The first-order valence-corrected chi connectivity index (χ1v) is 7.40. The van der Waals surface area contributed by atoms with Crippen molar-refractivity contribution < 1.29 is 9.53 Å². The number of aromatic amines is 1. The van der Waals surface area contributed by atoms with E-state index in [0.717, 1.165) is 29.6 Å². The van der Waals surface area contributed by atoms with Crippen molar-refractivity contribution in [2.45, 2.75) is 31.8 Å². The van der Waals surface area contributed by atoms with Crippen molar-refractivity contribution >= 4 is 29.3 Å². The number of hydrogen-bond acceptors (Lipinski definition) is 5. The molecule has 0 saturated heterocycles. The minimum Gasteiger partial charge on any atom is -0.453 e. The molecule has 2 N–H and O–H groups in total. The zero-order valence-corrected chi connectivity index (χ0v) is 12.9. The summed E-state index contributed by atoms with van der Waals surface area (Å²) in [5.41, 5.74) is 3.10. The summed E-state index contributed by atoms with van der Waals surface area (Å²) in [7, 11) is 1.35. The van der Waals surface area contributed by atoms with E-state index in [-0.39, 0.29) is 6.04 Å². The fourth-order valence-electron chi connectivity index (χ4n) is 2.98. The lowest BCUT2D eigenvalue weighted by Crippen LogP contribution is -2.35. The van der Waals surface area contributed by atoms with Crippen molar-refractivity contribution in [2.75, 3.05) is 7.11 Å². The van der Waals surface area contributed by atoms with Gasteiger partial charge in [0.25, 0.3) is 0 Å². The van der Waals surface area contributed by atoms with Crippen molar-refractivity contribution in [3.05, 3.63) is 22.2 Å². The molecule has 0 bridgehead atoms. The van der Waals surface area contributed by atoms with E-state index in [1.165, 1.54) is 13.4 Å². The standard InChI is InChI=1S/C14H15N5O2S/c1-21-14(20)18-8-2-3-10-9(6-15)11-12(19(10)5-4-8)13(22)17-7-16-11/h7-8H,2-5H2,1H3,(H,18,20)(H,16,17,22). The molecular formula is C14H15N5O2S. The maximum Gasteiger partial charge on any atom is 0.407 e. The number of nitrogens with one attached hydrogen (secondary N) is 2. The molecule has 0 aliphatic carbocycles. The number of fused-ring (bicyclic) bond motifs is 3. The number of alkyl carbamates (subject to hydrolysis) is 1. The van der Waals surface area contributed by atoms with E-state index in [1.807, 2.05) is 0 Å². The van der Waals surface area contributed by atoms with Crippen LogP contribution in [0.25, 0.3) is 11.0 Å². The summed E-state index contributed by atoms with van der Waals surface area (Å²) in [5.74, 6) is 0. The lowest BCUT2D eigenvalue weighted by atomic mass is 10.1. The van der Waals surface area contributed by atoms with Crippen LogP contribution in [0, 0.1) is 16.0 Å². The van der Waals surface area contributed by atoms with Crippen LogP contribution < -0.4 is 5.32 Å². The smallest absolute Gasteiger partial charge is 0.407 e. The average molecular weight is 317 g/mol. The molecule has 3 rings (SSSR count). The Morgan fingerprint density at radius 1 is 1.64 bits per heavy atom. The Kier molecular flexibility index (Phi) is 3.81. The molecule has 2 aromatic rings. The van der Waals surface area contributed by atoms with Crippen LogP contribution in [0.4, 0.5) is 4.79 Å². The van der Waals surface area contributed by atoms with E-state index in [1.54, 1.807) is 0 Å². The third-order valence-corrected chi connectivity index (χ3v) is 4.31. The average Bonchev–Trinajstić information content (AvgIpc) is 2.69. The molecule has 8 heteroatoms. The summed E-state index contributed by atoms with van der Waals surface area (Å²) in [6.45, 7) is 0.672. The van der Waals surface area contributed by atoms with Gasteiger partial charge in [-0.1, -0.05) is 12.2 Å². The summed E-state index contributed by atoms with van der Waals surface area (Å²) < 4.78 is 7.18. The number of amides is 1. The zero-order chi connectivity index (χ0) is 15.7. The minimum absolute atomic E-state index is 0.0168. The molecule has 1 amide bonds. The molecule has 7 nitrogen and oxygen atoms in total. The zero-order valence-electron chi connectivity index (χ0n) is 12.0. The molecule has 0 aromatic carbocycles. The Morgan fingerprint density at radius 2 is 2.45 bits per heavy atom. The van der Waals surface area contributed by atoms with Crippen LogP contribution in [0.2, 0.25) is 0 Å². The van der Waals surface area contributed by atoms with Crippen molar-refractivity contribution in [2.24, 2.45) is 0 Å². The highest BCUT2D eigenvalue weighted by atomic mass is 32.1. The Labute approximate surface area is 131 Å². The maximum atomic E-state index is 11.4. The molecule has 22 heavy (non-hydrogen) atoms. The van der Waals surface area contributed by atoms with Crippen molar-refractivity contribution in [1.82, 2.24) is 19.9 Å². The summed E-state index contributed by atoms with van der Waals surface area (Å²) >= 11 is 5.31. The number of hydrogen-bond donors (Lipinski definition) is 2. The molecule has 0 fully saturated rings. The highest BCUT2D eigenvalue weighted by Gasteiger charge is 2.24. The van der Waals surface area contributed by atoms with Gasteiger partial charge in [-0.25, -0.2) is 9.78 Å². The van der Waals surface area contributed by atoms with Gasteiger partial charge in [0.1, 0.15) is 11.6 Å². The van der Waals surface area contributed by atoms with Crippen LogP contribution in [0.3, 0.4) is 0 Å². The predicted molar refractivity (Wildman–Crippen MR) is 81.9 cm³/mol. The first kappa shape index (κ1) is 14.5. The number of aryl methyl sites for hydroxylation is 1. The number of nitriles is 1. The first-order valence-electron chi connectivity index (χ1n) is 6.99. The van der Waals surface area contributed by atoms with Gasteiger partial charge >= 0.3 is 6.09 Å². The van der Waals surface area contributed by atoms with Crippen molar-refractivity contribution in [1.29, 1.82) is 5.26 Å². The normalized spacial score (nSPS) is 17.4. The largest absolute Gasteiger partial charge is 0.453 e. The van der Waals surface area contributed by atoms with Gasteiger partial charge in [-0.3, -0.25) is 0 Å². The van der Waals surface area contributed by atoms with Crippen molar-refractivity contribution in [3.63, 3.8) is 0 Å². The molecule has 1 unspecified atom stereocenters. The molecule has 1 aliphatic rings. The van der Waals surface area contributed by atoms with E-state index < -0.39 is 6.09 Å². The van der Waals surface area contributed by atoms with Crippen LogP contribution in [0.1, 0.15) is 24.1 Å². The van der Waals surface area contributed by atoms with E-state index in [9.17, 15) is 10.1 Å². The Morgan fingerprint density at radius 3 is 3.18 bits per heavy atom. The molecule has 2 aromatic heterocycles. The Hall–Kier alpha value is -2.40. The van der Waals surface area contributed by atoms with E-state index in [0.29, 0.717) is 23.2 Å². The lowest BCUT2D eigenvalue weighted by molar-refractivity contribution is 0.165. The maximum absolute atomic E-state index is 11.4. The highest BCUT2D eigenvalue weighted by molar-refractivity contribution is 7.71. The Bertz CT molecular complexity index is 832. The van der Waals surface area contributed by atoms with Crippen LogP contribution in [0.15, 0.2) is 6.33 Å². The predicted octanol–water partition coefficient (Wildman–Crippen LogP) is 2.03. The van der Waals surface area contributed by atoms with Gasteiger partial charge < -0.3 is 19.6 Å². The van der Waals surface area contributed by atoms with Crippen LogP contribution >= 0.6 is 12.2 Å². The second-order valence-electron chi connectivity index (χ2n) is 5.18. The van der Waals surface area contributed by atoms with Crippen LogP contribution in [-0.4, -0.2) is 33.8 Å². The van der Waals surface area contributed by atoms with E-state index in [4.69, 9.17) is 12.2 Å². The lowest BCUT2D eigenvalue weighted by Gasteiger charge is -2.14. The molecule has 0 saturated carbocycles. The molecule has 3 heterocycles. The number of nitrogens with zero attached hydrogens (tertiary/aromatic N) is 3. The van der Waals surface area contributed by atoms with Crippen LogP contribution in [0.5, 0.6) is 0 Å². The summed E-state index contributed by atoms with van der Waals surface area (Å²) in [6.07, 6.45) is 3.28. The highest BCUT2D eigenvalue weighted by Crippen LogP contribution is 2.28. The SMILES string of the molecule is COC(=O)NC1CCc2c(C#N)c3[nH]cnc(=S)c3n2CC1. The summed E-state index contributed by atoms with van der Waals surface area (Å²) in [5, 5.41) is 12.3. The molecule has 0 radical (unpaired) electrons. The number of aromatic nitrogens is 3. The Balaban J connectivity index is 2.02. The van der Waals surface area contributed by atoms with Gasteiger partial charge in [0, 0.05) is 18.3 Å². The third-order valence-electron chi connectivity index (χ3n) is 4.01. The fraction of sp³-hybridized carbons (Fsp3) is 0.429. The summed E-state index contributed by atoms with van der Waals surface area (Å²) in [4.78, 5) is 18.5. The van der Waals surface area contributed by atoms with Gasteiger partial charge in [0.15, 0.2) is 4.64 Å². The van der Waals surface area contributed by atoms with Crippen molar-refractivity contribution in [3.8, 4) is 6.07 Å². The molecular weight excluding hydrogens is 302 g/mol. The number of carbonyl (C=O) groups is 1. The summed E-state index contributed by atoms with van der Waals surface area (Å²) in [6, 6.07) is 2.28. The monoisotopic (exact) mass is 317 g/mol.